The number of allylic oxidation sites excluding steroid dienone is 2. The molecule has 0 amide bonds. The van der Waals surface area contributed by atoms with Gasteiger partial charge in [-0.1, -0.05) is 17.9 Å². The van der Waals surface area contributed by atoms with Crippen molar-refractivity contribution in [1.29, 1.82) is 0 Å². The van der Waals surface area contributed by atoms with Gasteiger partial charge in [0.1, 0.15) is 0 Å². The summed E-state index contributed by atoms with van der Waals surface area (Å²) in [5.41, 5.74) is 1.19. The van der Waals surface area contributed by atoms with E-state index in [1.54, 1.807) is 6.92 Å². The Morgan fingerprint density at radius 3 is 2.93 bits per heavy atom. The van der Waals surface area contributed by atoms with Crippen molar-refractivity contribution in [2.75, 3.05) is 0 Å². The van der Waals surface area contributed by atoms with Gasteiger partial charge in [0.2, 0.25) is 0 Å². The van der Waals surface area contributed by atoms with E-state index in [-0.39, 0.29) is 12.1 Å². The van der Waals surface area contributed by atoms with Gasteiger partial charge in [-0.25, -0.2) is 0 Å². The fourth-order valence-corrected chi connectivity index (χ4v) is 1.42. The number of rotatable bonds is 1. The van der Waals surface area contributed by atoms with Gasteiger partial charge >= 0.3 is 5.97 Å². The van der Waals surface area contributed by atoms with Crippen LogP contribution in [0.15, 0.2) is 11.6 Å². The van der Waals surface area contributed by atoms with Crippen LogP contribution in [0.25, 0.3) is 0 Å². The maximum Gasteiger partial charge on any atom is 0.303 e. The van der Waals surface area contributed by atoms with Crippen LogP contribution in [-0.2, 0) is 9.53 Å². The average molecular weight is 192 g/mol. The molecule has 0 N–H and O–H groups in total. The maximum absolute atomic E-state index is 10.6. The molecule has 0 fully saturated rings. The first-order valence-corrected chi connectivity index (χ1v) is 5.06. The number of hydrogen-bond acceptors (Lipinski definition) is 2. The molecule has 1 aliphatic carbocycles. The van der Waals surface area contributed by atoms with Gasteiger partial charge in [0.15, 0.2) is 6.10 Å². The zero-order chi connectivity index (χ0) is 10.4. The van der Waals surface area contributed by atoms with Crippen molar-refractivity contribution < 1.29 is 9.53 Å². The number of hydrogen-bond donors (Lipinski definition) is 0. The van der Waals surface area contributed by atoms with Crippen LogP contribution in [0.4, 0.5) is 0 Å². The van der Waals surface area contributed by atoms with Crippen LogP contribution in [0, 0.1) is 11.8 Å². The molecule has 76 valence electrons. The van der Waals surface area contributed by atoms with Gasteiger partial charge < -0.3 is 4.74 Å². The highest BCUT2D eigenvalue weighted by atomic mass is 16.5. The Bertz CT molecular complexity index is 291. The van der Waals surface area contributed by atoms with E-state index in [1.807, 2.05) is 0 Å². The Hall–Kier alpha value is -1.23. The van der Waals surface area contributed by atoms with Crippen LogP contribution < -0.4 is 0 Å². The lowest BCUT2D eigenvalue weighted by Crippen LogP contribution is -2.09. The van der Waals surface area contributed by atoms with Crippen LogP contribution in [-0.4, -0.2) is 12.1 Å². The Balaban J connectivity index is 2.45. The number of esters is 1. The molecule has 0 bridgehead atoms. The van der Waals surface area contributed by atoms with E-state index in [0.29, 0.717) is 0 Å². The third kappa shape index (κ3) is 4.13. The van der Waals surface area contributed by atoms with Gasteiger partial charge in [0.25, 0.3) is 0 Å². The Kier molecular flexibility index (Phi) is 4.25. The monoisotopic (exact) mass is 192 g/mol. The number of carbonyl (C=O) groups is 1. The molecule has 0 aromatic heterocycles. The van der Waals surface area contributed by atoms with Crippen LogP contribution in [0.1, 0.15) is 39.5 Å². The number of ether oxygens (including phenoxy) is 1. The second-order valence-electron chi connectivity index (χ2n) is 3.50. The van der Waals surface area contributed by atoms with Crippen molar-refractivity contribution in [3.63, 3.8) is 0 Å². The normalized spacial score (nSPS) is 17.4. The topological polar surface area (TPSA) is 26.3 Å². The van der Waals surface area contributed by atoms with E-state index in [0.717, 1.165) is 12.8 Å². The molecule has 0 radical (unpaired) electrons. The van der Waals surface area contributed by atoms with Crippen molar-refractivity contribution in [2.45, 2.75) is 45.6 Å². The summed E-state index contributed by atoms with van der Waals surface area (Å²) in [6.07, 6.45) is 6.57. The van der Waals surface area contributed by atoms with Crippen molar-refractivity contribution in [1.82, 2.24) is 0 Å². The molecule has 2 nitrogen and oxygen atoms in total. The molecule has 14 heavy (non-hydrogen) atoms. The lowest BCUT2D eigenvalue weighted by molar-refractivity contribution is -0.143. The lowest BCUT2D eigenvalue weighted by atomic mass is 10.00. The van der Waals surface area contributed by atoms with E-state index in [2.05, 4.69) is 17.9 Å². The largest absolute Gasteiger partial charge is 0.450 e. The third-order valence-corrected chi connectivity index (χ3v) is 2.07. The lowest BCUT2D eigenvalue weighted by Gasteiger charge is -2.07. The van der Waals surface area contributed by atoms with Crippen molar-refractivity contribution in [2.24, 2.45) is 0 Å². The summed E-state index contributed by atoms with van der Waals surface area (Å²) < 4.78 is 4.90. The first-order chi connectivity index (χ1) is 6.68. The standard InChI is InChI=1S/C12H16O2/c1-10(14-11(2)13)8-9-12-6-4-3-5-7-12/h6,10H,3-5,7H2,1-2H3. The predicted molar refractivity (Wildman–Crippen MR) is 55.6 cm³/mol. The van der Waals surface area contributed by atoms with Crippen molar-refractivity contribution in [3.05, 3.63) is 11.6 Å². The number of carbonyl (C=O) groups excluding carboxylic acids is 1. The molecular weight excluding hydrogens is 176 g/mol. The fourth-order valence-electron chi connectivity index (χ4n) is 1.42. The summed E-state index contributed by atoms with van der Waals surface area (Å²) in [5, 5.41) is 0. The first kappa shape index (κ1) is 10.8. The summed E-state index contributed by atoms with van der Waals surface area (Å²) in [4.78, 5) is 10.6. The molecular formula is C12H16O2. The molecule has 0 aromatic carbocycles. The van der Waals surface area contributed by atoms with Crippen LogP contribution in [0.2, 0.25) is 0 Å². The molecule has 0 aliphatic heterocycles. The van der Waals surface area contributed by atoms with Crippen LogP contribution >= 0.6 is 0 Å². The minimum Gasteiger partial charge on any atom is -0.450 e. The summed E-state index contributed by atoms with van der Waals surface area (Å²) in [6.45, 7) is 3.19. The second kappa shape index (κ2) is 5.49. The summed E-state index contributed by atoms with van der Waals surface area (Å²) >= 11 is 0. The van der Waals surface area contributed by atoms with Crippen LogP contribution in [0.5, 0.6) is 0 Å². The molecule has 2 heteroatoms. The summed E-state index contributed by atoms with van der Waals surface area (Å²) in [5.74, 6) is 5.71. The third-order valence-electron chi connectivity index (χ3n) is 2.07. The summed E-state index contributed by atoms with van der Waals surface area (Å²) in [6, 6.07) is 0. The molecule has 1 unspecified atom stereocenters. The van der Waals surface area contributed by atoms with E-state index >= 15 is 0 Å². The van der Waals surface area contributed by atoms with Crippen molar-refractivity contribution in [3.8, 4) is 11.8 Å². The van der Waals surface area contributed by atoms with Gasteiger partial charge in [0, 0.05) is 6.92 Å². The summed E-state index contributed by atoms with van der Waals surface area (Å²) in [7, 11) is 0. The Morgan fingerprint density at radius 1 is 1.57 bits per heavy atom. The van der Waals surface area contributed by atoms with E-state index < -0.39 is 0 Å². The zero-order valence-electron chi connectivity index (χ0n) is 8.80. The highest BCUT2D eigenvalue weighted by Gasteiger charge is 2.02. The SMILES string of the molecule is CC(=O)OC(C)C#CC1=CCCCC1. The molecule has 1 rings (SSSR count). The van der Waals surface area contributed by atoms with Crippen LogP contribution in [0.3, 0.4) is 0 Å². The van der Waals surface area contributed by atoms with Gasteiger partial charge in [-0.05, 0) is 38.2 Å². The van der Waals surface area contributed by atoms with Gasteiger partial charge in [-0.15, -0.1) is 0 Å². The average Bonchev–Trinajstić information content (AvgIpc) is 2.15. The highest BCUT2D eigenvalue weighted by molar-refractivity contribution is 5.66. The van der Waals surface area contributed by atoms with Crippen molar-refractivity contribution >= 4 is 5.97 Å². The van der Waals surface area contributed by atoms with E-state index in [4.69, 9.17) is 4.74 Å². The molecule has 1 atom stereocenters. The minimum absolute atomic E-state index is 0.274. The van der Waals surface area contributed by atoms with Gasteiger partial charge in [-0.2, -0.15) is 0 Å². The molecule has 0 heterocycles. The second-order valence-corrected chi connectivity index (χ2v) is 3.50. The zero-order valence-corrected chi connectivity index (χ0v) is 8.80. The predicted octanol–water partition coefficient (Wildman–Crippen LogP) is 2.44. The molecule has 0 saturated carbocycles. The fraction of sp³-hybridized carbons (Fsp3) is 0.583. The smallest absolute Gasteiger partial charge is 0.303 e. The van der Waals surface area contributed by atoms with Gasteiger partial charge in [-0.3, -0.25) is 4.79 Å². The Labute approximate surface area is 85.3 Å². The molecule has 0 saturated heterocycles. The van der Waals surface area contributed by atoms with E-state index in [1.165, 1.54) is 25.3 Å². The maximum atomic E-state index is 10.6. The van der Waals surface area contributed by atoms with Gasteiger partial charge in [0.05, 0.1) is 0 Å². The first-order valence-electron chi connectivity index (χ1n) is 5.06. The van der Waals surface area contributed by atoms with E-state index in [9.17, 15) is 4.79 Å². The minimum atomic E-state index is -0.296. The Morgan fingerprint density at radius 2 is 2.36 bits per heavy atom. The molecule has 1 aliphatic rings. The quantitative estimate of drug-likeness (QED) is 0.471. The highest BCUT2D eigenvalue weighted by Crippen LogP contribution is 2.16. The molecule has 0 aromatic rings. The molecule has 0 spiro atoms.